The number of aromatic nitrogens is 3. The number of methoxy groups -OCH3 is 1. The Kier molecular flexibility index (Phi) is 4.05. The first-order chi connectivity index (χ1) is 12.7. The highest BCUT2D eigenvalue weighted by Crippen LogP contribution is 2.33. The van der Waals surface area contributed by atoms with Gasteiger partial charge in [0.15, 0.2) is 0 Å². The maximum Gasteiger partial charge on any atom is 0.231 e. The Labute approximate surface area is 151 Å². The van der Waals surface area contributed by atoms with Crippen molar-refractivity contribution < 1.29 is 9.47 Å². The molecule has 2 aromatic heterocycles. The molecule has 2 aromatic carbocycles. The van der Waals surface area contributed by atoms with Crippen molar-refractivity contribution in [2.45, 2.75) is 6.92 Å². The minimum atomic E-state index is 0.550. The van der Waals surface area contributed by atoms with E-state index in [1.54, 1.807) is 7.11 Å². The first-order valence-corrected chi connectivity index (χ1v) is 8.35. The highest BCUT2D eigenvalue weighted by molar-refractivity contribution is 5.88. The molecular formula is C21H19N3O2. The molecular weight excluding hydrogens is 326 g/mol. The molecule has 4 aromatic rings. The van der Waals surface area contributed by atoms with Crippen LogP contribution in [-0.2, 0) is 7.05 Å². The molecule has 26 heavy (non-hydrogen) atoms. The van der Waals surface area contributed by atoms with Gasteiger partial charge in [0.05, 0.1) is 18.2 Å². The molecule has 5 nitrogen and oxygen atoms in total. The normalized spacial score (nSPS) is 10.9. The van der Waals surface area contributed by atoms with Crippen molar-refractivity contribution in [1.29, 1.82) is 0 Å². The van der Waals surface area contributed by atoms with Crippen LogP contribution in [0.2, 0.25) is 0 Å². The predicted molar refractivity (Wildman–Crippen MR) is 102 cm³/mol. The van der Waals surface area contributed by atoms with Crippen molar-refractivity contribution in [3.8, 4) is 28.6 Å². The first kappa shape index (κ1) is 16.1. The highest BCUT2D eigenvalue weighted by Gasteiger charge is 2.14. The van der Waals surface area contributed by atoms with Gasteiger partial charge in [-0.05, 0) is 55.0 Å². The molecule has 0 saturated carbocycles. The highest BCUT2D eigenvalue weighted by atomic mass is 16.5. The van der Waals surface area contributed by atoms with Gasteiger partial charge in [-0.15, -0.1) is 0 Å². The van der Waals surface area contributed by atoms with Crippen molar-refractivity contribution in [2.24, 2.45) is 7.05 Å². The SMILES string of the molecule is COc1ccc(-c2cc3c(Oc4ccc(C)cc4)ncnc3n2C)cc1. The van der Waals surface area contributed by atoms with Crippen LogP contribution in [0.5, 0.6) is 17.4 Å². The minimum Gasteiger partial charge on any atom is -0.497 e. The second kappa shape index (κ2) is 6.52. The lowest BCUT2D eigenvalue weighted by Crippen LogP contribution is -1.95. The lowest BCUT2D eigenvalue weighted by molar-refractivity contribution is 0.415. The molecule has 4 rings (SSSR count). The zero-order chi connectivity index (χ0) is 18.1. The Morgan fingerprint density at radius 2 is 1.58 bits per heavy atom. The molecule has 0 saturated heterocycles. The summed E-state index contributed by atoms with van der Waals surface area (Å²) in [5, 5.41) is 0.876. The summed E-state index contributed by atoms with van der Waals surface area (Å²) in [5.41, 5.74) is 4.13. The fraction of sp³-hybridized carbons (Fsp3) is 0.143. The van der Waals surface area contributed by atoms with Crippen LogP contribution < -0.4 is 9.47 Å². The van der Waals surface area contributed by atoms with Crippen molar-refractivity contribution in [3.63, 3.8) is 0 Å². The van der Waals surface area contributed by atoms with E-state index < -0.39 is 0 Å². The molecule has 2 heterocycles. The third kappa shape index (κ3) is 2.88. The van der Waals surface area contributed by atoms with E-state index in [2.05, 4.69) is 16.0 Å². The Hall–Kier alpha value is -3.34. The number of benzene rings is 2. The fourth-order valence-electron chi connectivity index (χ4n) is 2.95. The van der Waals surface area contributed by atoms with Crippen LogP contribution in [0.4, 0.5) is 0 Å². The summed E-state index contributed by atoms with van der Waals surface area (Å²) in [4.78, 5) is 8.76. The molecule has 0 aliphatic carbocycles. The number of hydrogen-bond donors (Lipinski definition) is 0. The van der Waals surface area contributed by atoms with Crippen molar-refractivity contribution in [3.05, 3.63) is 66.5 Å². The standard InChI is InChI=1S/C21H19N3O2/c1-14-4-8-17(9-5-14)26-21-18-12-19(24(2)20(18)22-13-23-21)15-6-10-16(25-3)11-7-15/h4-13H,1-3H3. The minimum absolute atomic E-state index is 0.550. The number of hydrogen-bond acceptors (Lipinski definition) is 4. The summed E-state index contributed by atoms with van der Waals surface area (Å²) in [6.07, 6.45) is 1.53. The summed E-state index contributed by atoms with van der Waals surface area (Å²) in [6, 6.07) is 17.9. The molecule has 0 radical (unpaired) electrons. The maximum atomic E-state index is 6.00. The summed E-state index contributed by atoms with van der Waals surface area (Å²) >= 11 is 0. The summed E-state index contributed by atoms with van der Waals surface area (Å²) in [6.45, 7) is 2.05. The van der Waals surface area contributed by atoms with Crippen LogP contribution in [0, 0.1) is 6.92 Å². The molecule has 0 aliphatic heterocycles. The van der Waals surface area contributed by atoms with E-state index in [0.717, 1.165) is 33.8 Å². The van der Waals surface area contributed by atoms with E-state index in [0.29, 0.717) is 5.88 Å². The molecule has 0 atom stereocenters. The van der Waals surface area contributed by atoms with E-state index in [-0.39, 0.29) is 0 Å². The van der Waals surface area contributed by atoms with E-state index in [1.165, 1.54) is 11.9 Å². The monoisotopic (exact) mass is 345 g/mol. The molecule has 130 valence electrons. The average Bonchev–Trinajstić information content (AvgIpc) is 3.02. The second-order valence-electron chi connectivity index (χ2n) is 6.15. The molecule has 0 spiro atoms. The zero-order valence-corrected chi connectivity index (χ0v) is 14.9. The summed E-state index contributed by atoms with van der Waals surface area (Å²) in [5.74, 6) is 2.13. The second-order valence-corrected chi connectivity index (χ2v) is 6.15. The van der Waals surface area contributed by atoms with Gasteiger partial charge >= 0.3 is 0 Å². The van der Waals surface area contributed by atoms with Crippen LogP contribution in [0.1, 0.15) is 5.56 Å². The number of rotatable bonds is 4. The molecule has 0 amide bonds. The van der Waals surface area contributed by atoms with Crippen LogP contribution >= 0.6 is 0 Å². The maximum absolute atomic E-state index is 6.00. The van der Waals surface area contributed by atoms with Crippen molar-refractivity contribution >= 4 is 11.0 Å². The number of fused-ring (bicyclic) bond motifs is 1. The zero-order valence-electron chi connectivity index (χ0n) is 14.9. The van der Waals surface area contributed by atoms with Gasteiger partial charge in [-0.2, -0.15) is 0 Å². The lowest BCUT2D eigenvalue weighted by atomic mass is 10.1. The number of nitrogens with zero attached hydrogens (tertiary/aromatic N) is 3. The molecule has 0 fully saturated rings. The van der Waals surface area contributed by atoms with Gasteiger partial charge in [0.2, 0.25) is 5.88 Å². The van der Waals surface area contributed by atoms with Gasteiger partial charge in [0.25, 0.3) is 0 Å². The number of aryl methyl sites for hydroxylation is 2. The van der Waals surface area contributed by atoms with Gasteiger partial charge in [-0.1, -0.05) is 17.7 Å². The molecule has 0 unspecified atom stereocenters. The molecule has 5 heteroatoms. The van der Waals surface area contributed by atoms with Gasteiger partial charge in [-0.25, -0.2) is 9.97 Å². The Balaban J connectivity index is 1.77. The molecule has 0 N–H and O–H groups in total. The predicted octanol–water partition coefficient (Wildman–Crippen LogP) is 4.74. The largest absolute Gasteiger partial charge is 0.497 e. The Bertz CT molecular complexity index is 1050. The Morgan fingerprint density at radius 3 is 2.27 bits per heavy atom. The van der Waals surface area contributed by atoms with Crippen LogP contribution in [-0.4, -0.2) is 21.6 Å². The van der Waals surface area contributed by atoms with E-state index in [9.17, 15) is 0 Å². The van der Waals surface area contributed by atoms with Crippen molar-refractivity contribution in [2.75, 3.05) is 7.11 Å². The molecule has 0 bridgehead atoms. The Morgan fingerprint density at radius 1 is 0.885 bits per heavy atom. The lowest BCUT2D eigenvalue weighted by Gasteiger charge is -2.06. The third-order valence-electron chi connectivity index (χ3n) is 4.41. The quantitative estimate of drug-likeness (QED) is 0.536. The third-order valence-corrected chi connectivity index (χ3v) is 4.41. The fourth-order valence-corrected chi connectivity index (χ4v) is 2.95. The van der Waals surface area contributed by atoms with E-state index in [1.807, 2.05) is 67.1 Å². The van der Waals surface area contributed by atoms with Gasteiger partial charge in [0, 0.05) is 7.05 Å². The van der Waals surface area contributed by atoms with Gasteiger partial charge in [-0.3, -0.25) is 0 Å². The van der Waals surface area contributed by atoms with Gasteiger partial charge in [0.1, 0.15) is 23.5 Å². The summed E-state index contributed by atoms with van der Waals surface area (Å²) < 4.78 is 13.3. The smallest absolute Gasteiger partial charge is 0.231 e. The van der Waals surface area contributed by atoms with Gasteiger partial charge < -0.3 is 14.0 Å². The number of ether oxygens (including phenoxy) is 2. The summed E-state index contributed by atoms with van der Waals surface area (Å²) in [7, 11) is 3.65. The molecule has 0 aliphatic rings. The van der Waals surface area contributed by atoms with Crippen LogP contribution in [0.25, 0.3) is 22.3 Å². The average molecular weight is 345 g/mol. The van der Waals surface area contributed by atoms with E-state index >= 15 is 0 Å². The van der Waals surface area contributed by atoms with Crippen LogP contribution in [0.3, 0.4) is 0 Å². The van der Waals surface area contributed by atoms with E-state index in [4.69, 9.17) is 9.47 Å². The van der Waals surface area contributed by atoms with Crippen LogP contribution in [0.15, 0.2) is 60.9 Å². The topological polar surface area (TPSA) is 49.2 Å². The van der Waals surface area contributed by atoms with Crippen molar-refractivity contribution in [1.82, 2.24) is 14.5 Å². The first-order valence-electron chi connectivity index (χ1n) is 8.35.